The number of hydrazone groups is 1. The third-order valence-electron chi connectivity index (χ3n) is 2.21. The number of carbonyl (C=O) groups is 1. The van der Waals surface area contributed by atoms with E-state index in [0.717, 1.165) is 10.9 Å². The molecule has 1 aromatic heterocycles. The normalized spacial score (nSPS) is 10.9. The first kappa shape index (κ1) is 11.1. The van der Waals surface area contributed by atoms with Crippen molar-refractivity contribution in [1.29, 1.82) is 0 Å². The average Bonchev–Trinajstić information content (AvgIpc) is 2.29. The molecule has 0 spiro atoms. The minimum Gasteiger partial charge on any atom is -0.321 e. The Hall–Kier alpha value is -2.43. The number of benzene rings is 1. The van der Waals surface area contributed by atoms with Crippen LogP contribution in [-0.4, -0.2) is 17.1 Å². The van der Waals surface area contributed by atoms with E-state index in [9.17, 15) is 9.59 Å². The summed E-state index contributed by atoms with van der Waals surface area (Å²) in [6.45, 7) is 1.35. The van der Waals surface area contributed by atoms with Crippen LogP contribution in [0.25, 0.3) is 10.9 Å². The van der Waals surface area contributed by atoms with Crippen LogP contribution >= 0.6 is 0 Å². The van der Waals surface area contributed by atoms with E-state index in [1.165, 1.54) is 13.1 Å². The smallest absolute Gasteiger partial charge is 0.257 e. The van der Waals surface area contributed by atoms with Crippen molar-refractivity contribution in [1.82, 2.24) is 10.4 Å². The third kappa shape index (κ3) is 2.57. The molecule has 0 saturated heterocycles. The number of carbonyl (C=O) groups excluding carboxylic acids is 1. The first-order chi connectivity index (χ1) is 8.16. The van der Waals surface area contributed by atoms with Crippen LogP contribution < -0.4 is 11.0 Å². The maximum Gasteiger partial charge on any atom is 0.257 e. The topological polar surface area (TPSA) is 74.3 Å². The van der Waals surface area contributed by atoms with Gasteiger partial charge in [0.1, 0.15) is 0 Å². The number of hydrogen-bond donors (Lipinski definition) is 2. The highest BCUT2D eigenvalue weighted by Gasteiger charge is 1.99. The Morgan fingerprint density at radius 1 is 1.41 bits per heavy atom. The van der Waals surface area contributed by atoms with Crippen molar-refractivity contribution in [2.45, 2.75) is 6.92 Å². The summed E-state index contributed by atoms with van der Waals surface area (Å²) < 4.78 is 0. The second-order valence-electron chi connectivity index (χ2n) is 3.57. The summed E-state index contributed by atoms with van der Waals surface area (Å²) in [6.07, 6.45) is 1.33. The van der Waals surface area contributed by atoms with Crippen molar-refractivity contribution in [3.05, 3.63) is 46.2 Å². The number of aromatic nitrogens is 1. The van der Waals surface area contributed by atoms with Crippen LogP contribution in [0.4, 0.5) is 0 Å². The fraction of sp³-hybridized carbons (Fsp3) is 0.0833. The molecule has 0 unspecified atom stereocenters. The number of hydrogen-bond acceptors (Lipinski definition) is 3. The number of pyridine rings is 1. The number of amides is 1. The van der Waals surface area contributed by atoms with Gasteiger partial charge in [-0.05, 0) is 17.5 Å². The van der Waals surface area contributed by atoms with E-state index in [1.54, 1.807) is 6.07 Å². The molecule has 0 aliphatic heterocycles. The maximum atomic E-state index is 11.6. The van der Waals surface area contributed by atoms with Crippen molar-refractivity contribution in [2.75, 3.05) is 0 Å². The fourth-order valence-corrected chi connectivity index (χ4v) is 1.45. The molecule has 0 atom stereocenters. The quantitative estimate of drug-likeness (QED) is 0.595. The van der Waals surface area contributed by atoms with Gasteiger partial charge in [-0.25, -0.2) is 5.43 Å². The van der Waals surface area contributed by atoms with Crippen molar-refractivity contribution >= 4 is 23.0 Å². The minimum atomic E-state index is -0.279. The maximum absolute atomic E-state index is 11.6. The van der Waals surface area contributed by atoms with Gasteiger partial charge in [-0.2, -0.15) is 5.10 Å². The molecule has 1 heterocycles. The van der Waals surface area contributed by atoms with Gasteiger partial charge in [0.25, 0.3) is 5.56 Å². The van der Waals surface area contributed by atoms with Gasteiger partial charge in [-0.15, -0.1) is 0 Å². The summed E-state index contributed by atoms with van der Waals surface area (Å²) in [5, 5.41) is 4.58. The first-order valence-electron chi connectivity index (χ1n) is 5.08. The predicted octanol–water partition coefficient (Wildman–Crippen LogP) is 0.998. The molecule has 2 rings (SSSR count). The zero-order valence-corrected chi connectivity index (χ0v) is 9.23. The van der Waals surface area contributed by atoms with E-state index in [2.05, 4.69) is 15.5 Å². The summed E-state index contributed by atoms with van der Waals surface area (Å²) >= 11 is 0. The highest BCUT2D eigenvalue weighted by Crippen LogP contribution is 2.08. The molecule has 86 valence electrons. The molecule has 0 aliphatic carbocycles. The molecule has 1 amide bonds. The molecule has 0 fully saturated rings. The second-order valence-corrected chi connectivity index (χ2v) is 3.57. The van der Waals surface area contributed by atoms with Gasteiger partial charge in [-0.3, -0.25) is 9.59 Å². The SMILES string of the molecule is CC(=O)N/N=C\c1cc2ccccc2[nH]c1=O. The van der Waals surface area contributed by atoms with Gasteiger partial charge >= 0.3 is 0 Å². The summed E-state index contributed by atoms with van der Waals surface area (Å²) in [7, 11) is 0. The molecule has 0 saturated carbocycles. The van der Waals surface area contributed by atoms with Crippen molar-refractivity contribution in [3.63, 3.8) is 0 Å². The molecular formula is C12H11N3O2. The molecule has 0 aliphatic rings. The Morgan fingerprint density at radius 3 is 2.94 bits per heavy atom. The highest BCUT2D eigenvalue weighted by atomic mass is 16.2. The van der Waals surface area contributed by atoms with Gasteiger partial charge in [0, 0.05) is 12.4 Å². The second kappa shape index (κ2) is 4.61. The Labute approximate surface area is 97.2 Å². The van der Waals surface area contributed by atoms with Gasteiger partial charge in [-0.1, -0.05) is 18.2 Å². The van der Waals surface area contributed by atoms with Crippen LogP contribution in [-0.2, 0) is 4.79 Å². The van der Waals surface area contributed by atoms with Crippen molar-refractivity contribution in [3.8, 4) is 0 Å². The van der Waals surface area contributed by atoms with Gasteiger partial charge in [0.05, 0.1) is 11.8 Å². The predicted molar refractivity (Wildman–Crippen MR) is 66.0 cm³/mol. The van der Waals surface area contributed by atoms with Crippen LogP contribution in [0.15, 0.2) is 40.2 Å². The molecule has 2 N–H and O–H groups in total. The van der Waals surface area contributed by atoms with Gasteiger partial charge in [0.2, 0.25) is 5.91 Å². The Balaban J connectivity index is 2.41. The molecule has 1 aromatic carbocycles. The van der Waals surface area contributed by atoms with Gasteiger partial charge < -0.3 is 4.98 Å². The molecule has 0 radical (unpaired) electrons. The largest absolute Gasteiger partial charge is 0.321 e. The van der Waals surface area contributed by atoms with Crippen molar-refractivity contribution < 1.29 is 4.79 Å². The number of nitrogens with zero attached hydrogens (tertiary/aromatic N) is 1. The first-order valence-corrected chi connectivity index (χ1v) is 5.08. The van der Waals surface area contributed by atoms with Crippen LogP contribution in [0, 0.1) is 0 Å². The zero-order chi connectivity index (χ0) is 12.3. The molecular weight excluding hydrogens is 218 g/mol. The summed E-state index contributed by atoms with van der Waals surface area (Å²) in [6, 6.07) is 9.17. The molecule has 5 heteroatoms. The van der Waals surface area contributed by atoms with E-state index < -0.39 is 0 Å². The van der Waals surface area contributed by atoms with Crippen molar-refractivity contribution in [2.24, 2.45) is 5.10 Å². The van der Waals surface area contributed by atoms with Crippen LogP contribution in [0.2, 0.25) is 0 Å². The summed E-state index contributed by atoms with van der Waals surface area (Å²) in [5.41, 5.74) is 3.18. The lowest BCUT2D eigenvalue weighted by atomic mass is 10.2. The van der Waals surface area contributed by atoms with Crippen LogP contribution in [0.3, 0.4) is 0 Å². The van der Waals surface area contributed by atoms with Gasteiger partial charge in [0.15, 0.2) is 0 Å². The van der Waals surface area contributed by atoms with Crippen LogP contribution in [0.5, 0.6) is 0 Å². The Morgan fingerprint density at radius 2 is 2.18 bits per heavy atom. The van der Waals surface area contributed by atoms with E-state index in [-0.39, 0.29) is 11.5 Å². The molecule has 0 bridgehead atoms. The minimum absolute atomic E-state index is 0.238. The number of rotatable bonds is 2. The zero-order valence-electron chi connectivity index (χ0n) is 9.23. The molecule has 2 aromatic rings. The Kier molecular flexibility index (Phi) is 3.00. The number of fused-ring (bicyclic) bond motifs is 1. The van der Waals surface area contributed by atoms with Crippen LogP contribution in [0.1, 0.15) is 12.5 Å². The molecule has 5 nitrogen and oxygen atoms in total. The lowest BCUT2D eigenvalue weighted by Crippen LogP contribution is -2.16. The standard InChI is InChI=1S/C12H11N3O2/c1-8(16)15-13-7-10-6-9-4-2-3-5-11(9)14-12(10)17/h2-7H,1H3,(H,14,17)(H,15,16)/b13-7-. The lowest BCUT2D eigenvalue weighted by Gasteiger charge is -1.98. The third-order valence-corrected chi connectivity index (χ3v) is 2.21. The summed E-state index contributed by atoms with van der Waals surface area (Å²) in [5.74, 6) is -0.279. The average molecular weight is 229 g/mol. The Bertz CT molecular complexity index is 643. The van der Waals surface area contributed by atoms with E-state index in [4.69, 9.17) is 0 Å². The highest BCUT2D eigenvalue weighted by molar-refractivity contribution is 5.88. The van der Waals surface area contributed by atoms with E-state index in [0.29, 0.717) is 5.56 Å². The monoisotopic (exact) mass is 229 g/mol. The summed E-state index contributed by atoms with van der Waals surface area (Å²) in [4.78, 5) is 25.0. The van der Waals surface area contributed by atoms with E-state index >= 15 is 0 Å². The number of H-pyrrole nitrogens is 1. The lowest BCUT2D eigenvalue weighted by molar-refractivity contribution is -0.118. The number of nitrogens with one attached hydrogen (secondary N) is 2. The fourth-order valence-electron chi connectivity index (χ4n) is 1.45. The number of para-hydroxylation sites is 1. The molecule has 17 heavy (non-hydrogen) atoms. The van der Waals surface area contributed by atoms with E-state index in [1.807, 2.05) is 24.3 Å². The number of aromatic amines is 1.